The van der Waals surface area contributed by atoms with Crippen molar-refractivity contribution in [3.63, 3.8) is 0 Å². The molecule has 2 aromatic rings. The van der Waals surface area contributed by atoms with Gasteiger partial charge in [-0.3, -0.25) is 9.80 Å². The summed E-state index contributed by atoms with van der Waals surface area (Å²) in [7, 11) is 0. The second-order valence-electron chi connectivity index (χ2n) is 6.46. The van der Waals surface area contributed by atoms with Crippen LogP contribution >= 0.6 is 0 Å². The van der Waals surface area contributed by atoms with E-state index in [1.807, 2.05) is 0 Å². The molecule has 0 saturated heterocycles. The minimum atomic E-state index is -1.16. The van der Waals surface area contributed by atoms with Gasteiger partial charge in [0, 0.05) is 17.3 Å². The van der Waals surface area contributed by atoms with E-state index in [0.29, 0.717) is 22.9 Å². The normalized spacial score (nSPS) is 17.2. The highest BCUT2D eigenvalue weighted by molar-refractivity contribution is 6.09. The average Bonchev–Trinajstić information content (AvgIpc) is 2.63. The lowest BCUT2D eigenvalue weighted by molar-refractivity contribution is -0.124. The summed E-state index contributed by atoms with van der Waals surface area (Å²) in [4.78, 5) is 12.5. The van der Waals surface area contributed by atoms with Crippen LogP contribution in [-0.2, 0) is 4.79 Å². The van der Waals surface area contributed by atoms with Crippen LogP contribution in [0.3, 0.4) is 0 Å². The van der Waals surface area contributed by atoms with Crippen molar-refractivity contribution in [2.75, 3.05) is 5.32 Å². The summed E-state index contributed by atoms with van der Waals surface area (Å²) in [6.07, 6.45) is 1.87. The third-order valence-electron chi connectivity index (χ3n) is 4.33. The molecule has 3 rings (SSSR count). The molecule has 2 unspecified atom stereocenters. The molecule has 2 aromatic carbocycles. The first-order chi connectivity index (χ1) is 13.2. The molecule has 0 aliphatic carbocycles. The number of nitrogens with zero attached hydrogens (tertiary/aromatic N) is 2. The molecule has 8 heteroatoms. The van der Waals surface area contributed by atoms with Crippen LogP contribution in [0.15, 0.2) is 53.7 Å². The van der Waals surface area contributed by atoms with Gasteiger partial charge in [0.2, 0.25) is 5.91 Å². The molecule has 2 atom stereocenters. The van der Waals surface area contributed by atoms with E-state index in [9.17, 15) is 23.8 Å². The van der Waals surface area contributed by atoms with Crippen LogP contribution in [0.25, 0.3) is 0 Å². The number of aliphatic hydroxyl groups is 1. The predicted molar refractivity (Wildman–Crippen MR) is 101 cm³/mol. The lowest BCUT2D eigenvalue weighted by atomic mass is 10.1. The maximum Gasteiger partial charge on any atom is 0.248 e. The Hall–Kier alpha value is -3.26. The van der Waals surface area contributed by atoms with Crippen molar-refractivity contribution in [2.24, 2.45) is 5.10 Å². The number of phenolic OH excluding ortho intramolecular Hbond substituents is 1. The van der Waals surface area contributed by atoms with Gasteiger partial charge in [0.1, 0.15) is 23.4 Å². The zero-order valence-electron chi connectivity index (χ0n) is 15.2. The summed E-state index contributed by atoms with van der Waals surface area (Å²) in [6, 6.07) is 6.76. The predicted octanol–water partition coefficient (Wildman–Crippen LogP) is 2.90. The van der Waals surface area contributed by atoms with Crippen LogP contribution in [0.1, 0.15) is 18.1 Å². The van der Waals surface area contributed by atoms with Crippen LogP contribution in [0.5, 0.6) is 5.75 Å². The minimum Gasteiger partial charge on any atom is -0.508 e. The highest BCUT2D eigenvalue weighted by Gasteiger charge is 2.27. The molecule has 1 aliphatic heterocycles. The summed E-state index contributed by atoms with van der Waals surface area (Å²) >= 11 is 0. The monoisotopic (exact) mass is 387 g/mol. The van der Waals surface area contributed by atoms with Gasteiger partial charge in [0.15, 0.2) is 6.23 Å². The average molecular weight is 387 g/mol. The fourth-order valence-electron chi connectivity index (χ4n) is 2.71. The molecule has 1 amide bonds. The van der Waals surface area contributed by atoms with E-state index in [2.05, 4.69) is 10.4 Å². The molecule has 1 heterocycles. The molecule has 0 aromatic heterocycles. The smallest absolute Gasteiger partial charge is 0.248 e. The first kappa shape index (κ1) is 19.5. The quantitative estimate of drug-likeness (QED) is 0.753. The second-order valence-corrected chi connectivity index (χ2v) is 6.46. The lowest BCUT2D eigenvalue weighted by Crippen LogP contribution is -2.45. The van der Waals surface area contributed by atoms with Gasteiger partial charge in [-0.1, -0.05) is 12.1 Å². The van der Waals surface area contributed by atoms with Gasteiger partial charge in [-0.25, -0.2) is 8.78 Å². The van der Waals surface area contributed by atoms with E-state index in [0.717, 1.165) is 17.1 Å². The summed E-state index contributed by atoms with van der Waals surface area (Å²) in [6.45, 7) is 3.26. The number of hydrazone groups is 1. The van der Waals surface area contributed by atoms with Crippen molar-refractivity contribution in [2.45, 2.75) is 26.1 Å². The lowest BCUT2D eigenvalue weighted by Gasteiger charge is -2.31. The fraction of sp³-hybridized carbons (Fsp3) is 0.200. The Kier molecular flexibility index (Phi) is 5.41. The molecular weight excluding hydrogens is 368 g/mol. The largest absolute Gasteiger partial charge is 0.508 e. The fourth-order valence-corrected chi connectivity index (χ4v) is 2.71. The number of aliphatic hydroxyl groups excluding tert-OH is 1. The molecule has 0 spiro atoms. The number of hydrogen-bond acceptors (Lipinski definition) is 5. The molecule has 0 fully saturated rings. The molecule has 146 valence electrons. The van der Waals surface area contributed by atoms with Crippen LogP contribution in [0.2, 0.25) is 0 Å². The minimum absolute atomic E-state index is 0.0379. The maximum atomic E-state index is 13.3. The Morgan fingerprint density at radius 1 is 1.21 bits per heavy atom. The molecule has 3 N–H and O–H groups in total. The van der Waals surface area contributed by atoms with Gasteiger partial charge in [-0.05, 0) is 49.8 Å². The zero-order valence-corrected chi connectivity index (χ0v) is 15.2. The van der Waals surface area contributed by atoms with Crippen molar-refractivity contribution in [1.82, 2.24) is 5.01 Å². The van der Waals surface area contributed by atoms with Crippen LogP contribution in [0.4, 0.5) is 14.5 Å². The molecular formula is C20H19F2N3O3. The van der Waals surface area contributed by atoms with Gasteiger partial charge in [-0.2, -0.15) is 5.10 Å². The Balaban J connectivity index is 1.81. The van der Waals surface area contributed by atoms with Crippen molar-refractivity contribution >= 4 is 17.3 Å². The zero-order chi connectivity index (χ0) is 20.4. The number of carbonyl (C=O) groups is 1. The van der Waals surface area contributed by atoms with E-state index in [-0.39, 0.29) is 11.4 Å². The third-order valence-corrected chi connectivity index (χ3v) is 4.33. The van der Waals surface area contributed by atoms with Gasteiger partial charge >= 0.3 is 0 Å². The SMILES string of the molecule is Cc1ccc(C2=NN(C(C)C(=O)Nc3cc(F)cc(F)c3)C(O)C=C2)cc1O. The third kappa shape index (κ3) is 4.17. The molecule has 0 bridgehead atoms. The number of anilines is 1. The number of allylic oxidation sites excluding steroid dienone is 1. The number of aromatic hydroxyl groups is 1. The summed E-state index contributed by atoms with van der Waals surface area (Å²) in [5, 5.41) is 27.9. The topological polar surface area (TPSA) is 85.2 Å². The van der Waals surface area contributed by atoms with E-state index in [4.69, 9.17) is 0 Å². The highest BCUT2D eigenvalue weighted by atomic mass is 19.1. The number of phenols is 1. The van der Waals surface area contributed by atoms with Crippen molar-refractivity contribution in [1.29, 1.82) is 0 Å². The van der Waals surface area contributed by atoms with Gasteiger partial charge in [0.25, 0.3) is 0 Å². The maximum absolute atomic E-state index is 13.3. The Morgan fingerprint density at radius 3 is 2.54 bits per heavy atom. The van der Waals surface area contributed by atoms with Crippen molar-refractivity contribution in [3.05, 3.63) is 71.3 Å². The number of amides is 1. The van der Waals surface area contributed by atoms with Gasteiger partial charge in [-0.15, -0.1) is 0 Å². The Bertz CT molecular complexity index is 955. The first-order valence-electron chi connectivity index (χ1n) is 8.55. The molecule has 6 nitrogen and oxygen atoms in total. The van der Waals surface area contributed by atoms with Gasteiger partial charge in [0.05, 0.1) is 5.71 Å². The first-order valence-corrected chi connectivity index (χ1v) is 8.55. The van der Waals surface area contributed by atoms with Crippen LogP contribution in [-0.4, -0.2) is 39.1 Å². The molecule has 1 aliphatic rings. The van der Waals surface area contributed by atoms with Crippen LogP contribution in [0, 0.1) is 18.6 Å². The molecule has 28 heavy (non-hydrogen) atoms. The number of nitrogens with one attached hydrogen (secondary N) is 1. The second kappa shape index (κ2) is 7.77. The summed E-state index contributed by atoms with van der Waals surface area (Å²) in [5.74, 6) is -2.13. The Labute approximate surface area is 160 Å². The number of halogens is 2. The van der Waals surface area contributed by atoms with E-state index in [1.165, 1.54) is 19.1 Å². The number of hydrogen-bond donors (Lipinski definition) is 3. The number of benzene rings is 2. The Morgan fingerprint density at radius 2 is 1.89 bits per heavy atom. The number of rotatable bonds is 4. The number of carbonyl (C=O) groups excluding carboxylic acids is 1. The van der Waals surface area contributed by atoms with Crippen molar-refractivity contribution < 1.29 is 23.8 Å². The van der Waals surface area contributed by atoms with Crippen molar-refractivity contribution in [3.8, 4) is 5.75 Å². The summed E-state index contributed by atoms with van der Waals surface area (Å²) in [5.41, 5.74) is 1.72. The molecule has 0 radical (unpaired) electrons. The highest BCUT2D eigenvalue weighted by Crippen LogP contribution is 2.22. The van der Waals surface area contributed by atoms with E-state index < -0.39 is 29.8 Å². The number of aryl methyl sites for hydroxylation is 1. The van der Waals surface area contributed by atoms with E-state index in [1.54, 1.807) is 25.1 Å². The van der Waals surface area contributed by atoms with Gasteiger partial charge < -0.3 is 15.5 Å². The van der Waals surface area contributed by atoms with Crippen LogP contribution < -0.4 is 5.32 Å². The summed E-state index contributed by atoms with van der Waals surface area (Å²) < 4.78 is 26.6. The standard InChI is InChI=1S/C20H19F2N3O3/c1-11-3-4-13(7-18(11)26)17-5-6-19(27)25(24-17)12(2)20(28)23-16-9-14(21)8-15(22)10-16/h3-10,12,19,26-27H,1-2H3,(H,23,28). The molecule has 0 saturated carbocycles. The van der Waals surface area contributed by atoms with E-state index >= 15 is 0 Å².